The van der Waals surface area contributed by atoms with Crippen molar-refractivity contribution in [1.29, 1.82) is 10.5 Å². The molecule has 0 fully saturated rings. The minimum atomic E-state index is -0.499. The number of halogens is 2. The monoisotopic (exact) mass is 386 g/mol. The van der Waals surface area contributed by atoms with Gasteiger partial charge in [-0.15, -0.1) is 0 Å². The molecule has 0 spiro atoms. The Kier molecular flexibility index (Phi) is 6.63. The first-order valence-corrected chi connectivity index (χ1v) is 8.04. The standard InChI is InChI=1S/C19H12Cl2N2O3/c1-25-18-7-12(2-3-17(18)26-5-4-22)6-14(11-23)19(24)13-8-15(20)10-16(21)9-13/h2-3,6-10H,5H2,1H3/b14-6+. The number of benzene rings is 2. The van der Waals surface area contributed by atoms with Gasteiger partial charge in [-0.3, -0.25) is 4.79 Å². The van der Waals surface area contributed by atoms with E-state index in [2.05, 4.69) is 0 Å². The minimum Gasteiger partial charge on any atom is -0.493 e. The molecule has 0 saturated heterocycles. The summed E-state index contributed by atoms with van der Waals surface area (Å²) in [5.41, 5.74) is 0.691. The van der Waals surface area contributed by atoms with Gasteiger partial charge in [0.2, 0.25) is 5.78 Å². The fourth-order valence-electron chi connectivity index (χ4n) is 2.16. The first-order valence-electron chi connectivity index (χ1n) is 7.29. The first-order chi connectivity index (χ1) is 12.5. The van der Waals surface area contributed by atoms with Gasteiger partial charge in [0.05, 0.1) is 7.11 Å². The van der Waals surface area contributed by atoms with E-state index in [1.807, 2.05) is 12.1 Å². The van der Waals surface area contributed by atoms with Crippen LogP contribution in [0.4, 0.5) is 0 Å². The summed E-state index contributed by atoms with van der Waals surface area (Å²) in [5, 5.41) is 18.6. The highest BCUT2D eigenvalue weighted by Gasteiger charge is 2.14. The van der Waals surface area contributed by atoms with Gasteiger partial charge in [-0.05, 0) is 42.0 Å². The quantitative estimate of drug-likeness (QED) is 0.408. The third-order valence-electron chi connectivity index (χ3n) is 3.28. The Balaban J connectivity index is 2.38. The Morgan fingerprint density at radius 3 is 2.38 bits per heavy atom. The third-order valence-corrected chi connectivity index (χ3v) is 3.72. The van der Waals surface area contributed by atoms with Gasteiger partial charge < -0.3 is 9.47 Å². The molecule has 0 aliphatic heterocycles. The molecule has 5 nitrogen and oxygen atoms in total. The van der Waals surface area contributed by atoms with Crippen LogP contribution in [0.15, 0.2) is 42.0 Å². The molecule has 0 aliphatic carbocycles. The topological polar surface area (TPSA) is 83.1 Å². The molecular formula is C19H12Cl2N2O3. The smallest absolute Gasteiger partial charge is 0.203 e. The lowest BCUT2D eigenvalue weighted by atomic mass is 10.0. The molecular weight excluding hydrogens is 375 g/mol. The van der Waals surface area contributed by atoms with Crippen LogP contribution in [0.2, 0.25) is 10.0 Å². The maximum absolute atomic E-state index is 12.5. The van der Waals surface area contributed by atoms with Crippen molar-refractivity contribution >= 4 is 35.1 Å². The van der Waals surface area contributed by atoms with Crippen molar-refractivity contribution < 1.29 is 14.3 Å². The van der Waals surface area contributed by atoms with Crippen molar-refractivity contribution in [3.05, 3.63) is 63.1 Å². The average Bonchev–Trinajstić information content (AvgIpc) is 2.63. The van der Waals surface area contributed by atoms with Gasteiger partial charge in [0.1, 0.15) is 17.7 Å². The van der Waals surface area contributed by atoms with Crippen LogP contribution in [-0.4, -0.2) is 19.5 Å². The molecule has 7 heteroatoms. The highest BCUT2D eigenvalue weighted by Crippen LogP contribution is 2.29. The van der Waals surface area contributed by atoms with E-state index >= 15 is 0 Å². The SMILES string of the molecule is COc1cc(/C=C(\C#N)C(=O)c2cc(Cl)cc(Cl)c2)ccc1OCC#N. The Hall–Kier alpha value is -2.99. The number of methoxy groups -OCH3 is 1. The van der Waals surface area contributed by atoms with Crippen LogP contribution in [0.25, 0.3) is 6.08 Å². The molecule has 26 heavy (non-hydrogen) atoms. The van der Waals surface area contributed by atoms with E-state index in [0.717, 1.165) is 0 Å². The molecule has 0 aromatic heterocycles. The van der Waals surface area contributed by atoms with Crippen LogP contribution in [-0.2, 0) is 0 Å². The van der Waals surface area contributed by atoms with Crippen molar-refractivity contribution in [2.45, 2.75) is 0 Å². The lowest BCUT2D eigenvalue weighted by molar-refractivity contribution is 0.104. The zero-order valence-corrected chi connectivity index (χ0v) is 15.1. The molecule has 2 aromatic rings. The number of rotatable bonds is 6. The van der Waals surface area contributed by atoms with Gasteiger partial charge in [0.15, 0.2) is 18.1 Å². The number of Topliss-reactive ketones (excluding diaryl/α,β-unsaturated/α-hetero) is 1. The number of ketones is 1. The summed E-state index contributed by atoms with van der Waals surface area (Å²) in [6.45, 7) is -0.122. The number of hydrogen-bond donors (Lipinski definition) is 0. The fourth-order valence-corrected chi connectivity index (χ4v) is 2.68. The summed E-state index contributed by atoms with van der Waals surface area (Å²) in [7, 11) is 1.45. The van der Waals surface area contributed by atoms with Crippen molar-refractivity contribution in [3.63, 3.8) is 0 Å². The van der Waals surface area contributed by atoms with Crippen molar-refractivity contribution in [3.8, 4) is 23.6 Å². The maximum Gasteiger partial charge on any atom is 0.203 e. The van der Waals surface area contributed by atoms with Gasteiger partial charge in [-0.1, -0.05) is 29.3 Å². The molecule has 0 unspecified atom stereocenters. The van der Waals surface area contributed by atoms with E-state index in [4.69, 9.17) is 37.9 Å². The number of nitrogens with zero attached hydrogens (tertiary/aromatic N) is 2. The lowest BCUT2D eigenvalue weighted by Gasteiger charge is -2.09. The van der Waals surface area contributed by atoms with E-state index in [-0.39, 0.29) is 17.7 Å². The van der Waals surface area contributed by atoms with Crippen LogP contribution >= 0.6 is 23.2 Å². The molecule has 0 bridgehead atoms. The highest BCUT2D eigenvalue weighted by atomic mass is 35.5. The predicted molar refractivity (Wildman–Crippen MR) is 98.5 cm³/mol. The van der Waals surface area contributed by atoms with Crippen LogP contribution in [0.5, 0.6) is 11.5 Å². The predicted octanol–water partition coefficient (Wildman–Crippen LogP) is 4.69. The summed E-state index contributed by atoms with van der Waals surface area (Å²) < 4.78 is 10.4. The Labute approximate surface area is 160 Å². The van der Waals surface area contributed by atoms with Crippen molar-refractivity contribution in [2.24, 2.45) is 0 Å². The van der Waals surface area contributed by atoms with Crippen LogP contribution in [0.3, 0.4) is 0 Å². The number of nitriles is 2. The first kappa shape index (κ1) is 19.3. The molecule has 0 radical (unpaired) electrons. The summed E-state index contributed by atoms with van der Waals surface area (Å²) in [5.74, 6) is 0.267. The summed E-state index contributed by atoms with van der Waals surface area (Å²) in [6.07, 6.45) is 1.42. The molecule has 0 N–H and O–H groups in total. The Bertz CT molecular complexity index is 936. The summed E-state index contributed by atoms with van der Waals surface area (Å²) >= 11 is 11.8. The fraction of sp³-hybridized carbons (Fsp3) is 0.105. The zero-order chi connectivity index (χ0) is 19.1. The molecule has 0 amide bonds. The van der Waals surface area contributed by atoms with Crippen molar-refractivity contribution in [1.82, 2.24) is 0 Å². The molecule has 0 heterocycles. The Morgan fingerprint density at radius 1 is 1.12 bits per heavy atom. The Morgan fingerprint density at radius 2 is 1.81 bits per heavy atom. The molecule has 130 valence electrons. The van der Waals surface area contributed by atoms with E-state index < -0.39 is 5.78 Å². The lowest BCUT2D eigenvalue weighted by Crippen LogP contribution is -2.02. The summed E-state index contributed by atoms with van der Waals surface area (Å²) in [4.78, 5) is 12.5. The van der Waals surface area contributed by atoms with Gasteiger partial charge in [-0.2, -0.15) is 10.5 Å². The van der Waals surface area contributed by atoms with E-state index in [1.54, 1.807) is 18.2 Å². The third kappa shape index (κ3) is 4.77. The molecule has 0 atom stereocenters. The normalized spacial score (nSPS) is 10.6. The van der Waals surface area contributed by atoms with Gasteiger partial charge in [0.25, 0.3) is 0 Å². The number of ether oxygens (including phenoxy) is 2. The van der Waals surface area contributed by atoms with E-state index in [1.165, 1.54) is 31.4 Å². The number of carbonyl (C=O) groups is 1. The second-order valence-electron chi connectivity index (χ2n) is 5.01. The summed E-state index contributed by atoms with van der Waals surface area (Å²) in [6, 6.07) is 13.0. The number of hydrogen-bond acceptors (Lipinski definition) is 5. The second kappa shape index (κ2) is 8.92. The molecule has 2 aromatic carbocycles. The van der Waals surface area contributed by atoms with Gasteiger partial charge in [0, 0.05) is 15.6 Å². The van der Waals surface area contributed by atoms with Crippen LogP contribution in [0.1, 0.15) is 15.9 Å². The maximum atomic E-state index is 12.5. The van der Waals surface area contributed by atoms with Gasteiger partial charge in [-0.25, -0.2) is 0 Å². The number of allylic oxidation sites excluding steroid dienone is 1. The number of carbonyl (C=O) groups excluding carboxylic acids is 1. The average molecular weight is 387 g/mol. The second-order valence-corrected chi connectivity index (χ2v) is 5.89. The van der Waals surface area contributed by atoms with Crippen LogP contribution < -0.4 is 9.47 Å². The zero-order valence-electron chi connectivity index (χ0n) is 13.6. The molecule has 0 saturated carbocycles. The molecule has 0 aliphatic rings. The largest absolute Gasteiger partial charge is 0.493 e. The van der Waals surface area contributed by atoms with Crippen molar-refractivity contribution in [2.75, 3.05) is 13.7 Å². The van der Waals surface area contributed by atoms with E-state index in [9.17, 15) is 10.1 Å². The minimum absolute atomic E-state index is 0.0870. The molecule has 2 rings (SSSR count). The highest BCUT2D eigenvalue weighted by molar-refractivity contribution is 6.35. The van der Waals surface area contributed by atoms with Crippen LogP contribution in [0, 0.1) is 22.7 Å². The van der Waals surface area contributed by atoms with Gasteiger partial charge >= 0.3 is 0 Å². The van der Waals surface area contributed by atoms with E-state index in [0.29, 0.717) is 27.1 Å².